The van der Waals surface area contributed by atoms with Gasteiger partial charge in [-0.1, -0.05) is 0 Å². The first-order valence-electron chi connectivity index (χ1n) is 3.56. The van der Waals surface area contributed by atoms with Gasteiger partial charge in [0.25, 0.3) is 0 Å². The van der Waals surface area contributed by atoms with Gasteiger partial charge in [-0.15, -0.1) is 0 Å². The van der Waals surface area contributed by atoms with Gasteiger partial charge < -0.3 is 25.2 Å². The lowest BCUT2D eigenvalue weighted by Gasteiger charge is -2.37. The largest absolute Gasteiger partial charge is 0.388 e. The molecule has 6 heteroatoms. The van der Waals surface area contributed by atoms with Crippen molar-refractivity contribution < 1.29 is 25.2 Å². The molecule has 0 radical (unpaired) electrons. The second-order valence-corrected chi connectivity index (χ2v) is 3.08. The molecule has 0 aliphatic carbocycles. The van der Waals surface area contributed by atoms with Crippen molar-refractivity contribution in [3.8, 4) is 0 Å². The summed E-state index contributed by atoms with van der Waals surface area (Å²) in [6.07, 6.45) is -6.26. The molecule has 0 aromatic heterocycles. The van der Waals surface area contributed by atoms with Crippen molar-refractivity contribution in [2.45, 2.75) is 30.7 Å². The summed E-state index contributed by atoms with van der Waals surface area (Å²) in [5.41, 5.74) is 0. The third-order valence-corrected chi connectivity index (χ3v) is 2.23. The zero-order valence-corrected chi connectivity index (χ0v) is 7.13. The topological polar surface area (TPSA) is 90.2 Å². The first kappa shape index (κ1) is 10.2. The Morgan fingerprint density at radius 3 is 2.08 bits per heavy atom. The predicted octanol–water partition coefficient (Wildman–Crippen LogP) is -2.28. The van der Waals surface area contributed by atoms with E-state index in [0.717, 1.165) is 0 Å². The van der Waals surface area contributed by atoms with E-state index in [9.17, 15) is 5.11 Å². The van der Waals surface area contributed by atoms with E-state index in [1.165, 1.54) is 0 Å². The molecule has 4 N–H and O–H groups in total. The van der Waals surface area contributed by atoms with Crippen LogP contribution in [0.5, 0.6) is 0 Å². The van der Waals surface area contributed by atoms with Crippen LogP contribution in [-0.4, -0.2) is 56.9 Å². The lowest BCUT2D eigenvalue weighted by Crippen LogP contribution is -2.57. The number of ether oxygens (including phenoxy) is 1. The molecule has 0 aromatic rings. The third-order valence-electron chi connectivity index (χ3n) is 1.87. The van der Waals surface area contributed by atoms with Gasteiger partial charge in [-0.2, -0.15) is 12.6 Å². The second-order valence-electron chi connectivity index (χ2n) is 2.72. The van der Waals surface area contributed by atoms with Gasteiger partial charge in [0.05, 0.1) is 6.10 Å². The van der Waals surface area contributed by atoms with Gasteiger partial charge in [0.15, 0.2) is 6.29 Å². The quantitative estimate of drug-likeness (QED) is 0.305. The maximum atomic E-state index is 9.23. The zero-order valence-electron chi connectivity index (χ0n) is 6.24. The highest BCUT2D eigenvalue weighted by Crippen LogP contribution is 2.20. The lowest BCUT2D eigenvalue weighted by atomic mass is 10.0. The highest BCUT2D eigenvalue weighted by molar-refractivity contribution is 7.80. The van der Waals surface area contributed by atoms with Crippen LogP contribution in [0.2, 0.25) is 0 Å². The average Bonchev–Trinajstić information content (AvgIpc) is 2.08. The normalized spacial score (nSPS) is 49.2. The Balaban J connectivity index is 2.63. The molecule has 1 fully saturated rings. The summed E-state index contributed by atoms with van der Waals surface area (Å²) >= 11 is 3.84. The van der Waals surface area contributed by atoms with Crippen LogP contribution in [0, 0.1) is 0 Å². The van der Waals surface area contributed by atoms with E-state index < -0.39 is 30.7 Å². The average molecular weight is 196 g/mol. The van der Waals surface area contributed by atoms with Crippen LogP contribution in [-0.2, 0) is 4.74 Å². The van der Waals surface area contributed by atoms with Gasteiger partial charge in [0, 0.05) is 5.75 Å². The molecule has 0 saturated carbocycles. The van der Waals surface area contributed by atoms with Crippen LogP contribution < -0.4 is 0 Å². The van der Waals surface area contributed by atoms with Gasteiger partial charge in [0.1, 0.15) is 18.3 Å². The molecule has 1 aliphatic heterocycles. The Morgan fingerprint density at radius 2 is 1.58 bits per heavy atom. The molecule has 0 bridgehead atoms. The van der Waals surface area contributed by atoms with Crippen molar-refractivity contribution in [2.24, 2.45) is 0 Å². The molecule has 1 aliphatic rings. The zero-order chi connectivity index (χ0) is 9.30. The Labute approximate surface area is 75.0 Å². The van der Waals surface area contributed by atoms with Gasteiger partial charge in [-0.25, -0.2) is 0 Å². The summed E-state index contributed by atoms with van der Waals surface area (Å²) in [5, 5.41) is 36.4. The first-order chi connectivity index (χ1) is 5.57. The standard InChI is InChI=1S/C6H12O5S/c7-3-2(1-12)11-6(10)5(9)4(3)8/h2-10,12H,1H2/t2-,3+,4+,5-,6+/m0/s1. The molecule has 5 atom stereocenters. The molecule has 5 nitrogen and oxygen atoms in total. The minimum absolute atomic E-state index is 0.169. The van der Waals surface area contributed by atoms with Crippen molar-refractivity contribution in [2.75, 3.05) is 5.75 Å². The number of hydrogen-bond donors (Lipinski definition) is 5. The summed E-state index contributed by atoms with van der Waals surface area (Å²) in [7, 11) is 0. The Bertz CT molecular complexity index is 150. The predicted molar refractivity (Wildman–Crippen MR) is 42.8 cm³/mol. The fourth-order valence-electron chi connectivity index (χ4n) is 1.08. The van der Waals surface area contributed by atoms with E-state index in [1.54, 1.807) is 0 Å². The Hall–Kier alpha value is 0.150. The number of thiol groups is 1. The SMILES string of the molecule is O[C@H]1[C@H](O)[C@H](O)O[C@@H](CS)[C@H]1O. The summed E-state index contributed by atoms with van der Waals surface area (Å²) in [4.78, 5) is 0. The molecule has 1 heterocycles. The van der Waals surface area contributed by atoms with Crippen molar-refractivity contribution in [1.29, 1.82) is 0 Å². The van der Waals surface area contributed by atoms with E-state index in [-0.39, 0.29) is 5.75 Å². The van der Waals surface area contributed by atoms with Gasteiger partial charge in [0.2, 0.25) is 0 Å². The number of rotatable bonds is 1. The van der Waals surface area contributed by atoms with E-state index in [1.807, 2.05) is 0 Å². The van der Waals surface area contributed by atoms with Crippen molar-refractivity contribution in [3.05, 3.63) is 0 Å². The van der Waals surface area contributed by atoms with Crippen LogP contribution in [0.3, 0.4) is 0 Å². The van der Waals surface area contributed by atoms with Gasteiger partial charge in [-0.05, 0) is 0 Å². The number of hydrogen-bond acceptors (Lipinski definition) is 6. The van der Waals surface area contributed by atoms with Crippen LogP contribution in [0.15, 0.2) is 0 Å². The highest BCUT2D eigenvalue weighted by atomic mass is 32.1. The van der Waals surface area contributed by atoms with E-state index in [2.05, 4.69) is 12.6 Å². The fraction of sp³-hybridized carbons (Fsp3) is 1.00. The Morgan fingerprint density at radius 1 is 1.00 bits per heavy atom. The molecule has 1 saturated heterocycles. The molecule has 72 valence electrons. The van der Waals surface area contributed by atoms with Crippen LogP contribution in [0.1, 0.15) is 0 Å². The molecule has 0 unspecified atom stereocenters. The molecular weight excluding hydrogens is 184 g/mol. The smallest absolute Gasteiger partial charge is 0.183 e. The monoisotopic (exact) mass is 196 g/mol. The summed E-state index contributed by atoms with van der Waals surface area (Å²) in [6.45, 7) is 0. The Kier molecular flexibility index (Phi) is 3.33. The molecule has 0 amide bonds. The van der Waals surface area contributed by atoms with E-state index in [0.29, 0.717) is 0 Å². The van der Waals surface area contributed by atoms with Crippen molar-refractivity contribution >= 4 is 12.6 Å². The van der Waals surface area contributed by atoms with Gasteiger partial charge >= 0.3 is 0 Å². The van der Waals surface area contributed by atoms with Gasteiger partial charge in [-0.3, -0.25) is 0 Å². The molecular formula is C6H12O5S. The van der Waals surface area contributed by atoms with Crippen LogP contribution >= 0.6 is 12.6 Å². The minimum atomic E-state index is -1.46. The summed E-state index contributed by atoms with van der Waals surface area (Å²) in [6, 6.07) is 0. The molecule has 0 aromatic carbocycles. The third kappa shape index (κ3) is 1.73. The van der Waals surface area contributed by atoms with Crippen LogP contribution in [0.4, 0.5) is 0 Å². The fourth-order valence-corrected chi connectivity index (χ4v) is 1.38. The minimum Gasteiger partial charge on any atom is -0.388 e. The van der Waals surface area contributed by atoms with E-state index in [4.69, 9.17) is 20.1 Å². The highest BCUT2D eigenvalue weighted by Gasteiger charge is 2.42. The molecule has 0 spiro atoms. The number of aliphatic hydroxyl groups excluding tert-OH is 4. The summed E-state index contributed by atoms with van der Waals surface area (Å²) in [5.74, 6) is 0.169. The number of aliphatic hydroxyl groups is 4. The maximum absolute atomic E-state index is 9.23. The summed E-state index contributed by atoms with van der Waals surface area (Å²) < 4.78 is 4.75. The van der Waals surface area contributed by atoms with E-state index >= 15 is 0 Å². The maximum Gasteiger partial charge on any atom is 0.183 e. The molecule has 12 heavy (non-hydrogen) atoms. The molecule has 1 rings (SSSR count). The van der Waals surface area contributed by atoms with Crippen molar-refractivity contribution in [3.63, 3.8) is 0 Å². The lowest BCUT2D eigenvalue weighted by molar-refractivity contribution is -0.276. The van der Waals surface area contributed by atoms with Crippen molar-refractivity contribution in [1.82, 2.24) is 0 Å². The second kappa shape index (κ2) is 3.91. The van der Waals surface area contributed by atoms with Crippen LogP contribution in [0.25, 0.3) is 0 Å². The first-order valence-corrected chi connectivity index (χ1v) is 4.19.